The van der Waals surface area contributed by atoms with E-state index in [-0.39, 0.29) is 0 Å². The van der Waals surface area contributed by atoms with Gasteiger partial charge in [0, 0.05) is 24.8 Å². The van der Waals surface area contributed by atoms with Crippen molar-refractivity contribution >= 4 is 11.8 Å². The number of nitrogens with zero attached hydrogens (tertiary/aromatic N) is 3. The van der Waals surface area contributed by atoms with Gasteiger partial charge in [0.15, 0.2) is 0 Å². The largest absolute Gasteiger partial charge is 0.481 e. The van der Waals surface area contributed by atoms with Crippen molar-refractivity contribution in [2.24, 2.45) is 5.92 Å². The number of carbonyl (C=O) groups is 1. The molecule has 0 fully saturated rings. The van der Waals surface area contributed by atoms with Crippen molar-refractivity contribution in [1.29, 1.82) is 0 Å². The maximum absolute atomic E-state index is 10.8. The zero-order valence-corrected chi connectivity index (χ0v) is 11.0. The molecule has 0 aliphatic heterocycles. The molecule has 0 aliphatic carbocycles. The van der Waals surface area contributed by atoms with Crippen LogP contribution in [0.25, 0.3) is 0 Å². The van der Waals surface area contributed by atoms with Crippen molar-refractivity contribution in [3.05, 3.63) is 17.1 Å². The van der Waals surface area contributed by atoms with E-state index < -0.39 is 11.9 Å². The molecular weight excluding hydrogens is 218 g/mol. The highest BCUT2D eigenvalue weighted by Crippen LogP contribution is 2.19. The Bertz CT molecular complexity index is 432. The minimum Gasteiger partial charge on any atom is -0.481 e. The van der Waals surface area contributed by atoms with Gasteiger partial charge in [0.25, 0.3) is 0 Å². The van der Waals surface area contributed by atoms with Crippen LogP contribution in [0.1, 0.15) is 24.0 Å². The third kappa shape index (κ3) is 3.15. The fourth-order valence-electron chi connectivity index (χ4n) is 1.70. The first kappa shape index (κ1) is 13.4. The van der Waals surface area contributed by atoms with Crippen LogP contribution in [0.2, 0.25) is 0 Å². The third-order valence-electron chi connectivity index (χ3n) is 2.81. The summed E-state index contributed by atoms with van der Waals surface area (Å²) in [6.07, 6.45) is 0. The number of carboxylic acids is 1. The highest BCUT2D eigenvalue weighted by Gasteiger charge is 2.17. The molecule has 0 bridgehead atoms. The van der Waals surface area contributed by atoms with Gasteiger partial charge in [-0.3, -0.25) is 4.79 Å². The van der Waals surface area contributed by atoms with E-state index in [4.69, 9.17) is 5.11 Å². The summed E-state index contributed by atoms with van der Waals surface area (Å²) in [4.78, 5) is 21.3. The molecule has 1 aromatic rings. The Labute approximate surface area is 102 Å². The number of aryl methyl sites for hydroxylation is 2. The summed E-state index contributed by atoms with van der Waals surface area (Å²) in [6.45, 7) is 7.85. The number of rotatable bonds is 4. The van der Waals surface area contributed by atoms with Crippen molar-refractivity contribution in [3.8, 4) is 0 Å². The average Bonchev–Trinajstić information content (AvgIpc) is 2.22. The molecule has 5 heteroatoms. The molecule has 1 rings (SSSR count). The van der Waals surface area contributed by atoms with E-state index in [1.165, 1.54) is 0 Å². The second kappa shape index (κ2) is 5.12. The van der Waals surface area contributed by atoms with Gasteiger partial charge in [-0.15, -0.1) is 0 Å². The van der Waals surface area contributed by atoms with Gasteiger partial charge in [0.2, 0.25) is 0 Å². The topological polar surface area (TPSA) is 66.3 Å². The molecule has 1 heterocycles. The van der Waals surface area contributed by atoms with Crippen LogP contribution in [-0.4, -0.2) is 34.6 Å². The summed E-state index contributed by atoms with van der Waals surface area (Å²) in [5.74, 6) is 0.299. The summed E-state index contributed by atoms with van der Waals surface area (Å²) in [6, 6.07) is 0. The molecule has 0 aromatic carbocycles. The number of carboxylic acid groups (broad SMARTS) is 1. The predicted octanol–water partition coefficient (Wildman–Crippen LogP) is 1.56. The molecule has 0 saturated carbocycles. The lowest BCUT2D eigenvalue weighted by molar-refractivity contribution is -0.140. The van der Waals surface area contributed by atoms with E-state index in [1.807, 2.05) is 32.7 Å². The maximum atomic E-state index is 10.8. The van der Waals surface area contributed by atoms with Gasteiger partial charge in [0.1, 0.15) is 11.6 Å². The molecular formula is C12H19N3O2. The molecule has 1 aromatic heterocycles. The third-order valence-corrected chi connectivity index (χ3v) is 2.81. The van der Waals surface area contributed by atoms with E-state index in [0.29, 0.717) is 12.4 Å². The molecule has 1 unspecified atom stereocenters. The van der Waals surface area contributed by atoms with Crippen molar-refractivity contribution in [2.45, 2.75) is 27.7 Å². The van der Waals surface area contributed by atoms with E-state index in [1.54, 1.807) is 6.92 Å². The molecule has 94 valence electrons. The van der Waals surface area contributed by atoms with Crippen LogP contribution >= 0.6 is 0 Å². The fourth-order valence-corrected chi connectivity index (χ4v) is 1.70. The van der Waals surface area contributed by atoms with E-state index in [9.17, 15) is 4.79 Å². The Kier molecular flexibility index (Phi) is 4.04. The quantitative estimate of drug-likeness (QED) is 0.860. The molecule has 0 spiro atoms. The first-order valence-electron chi connectivity index (χ1n) is 5.58. The monoisotopic (exact) mass is 237 g/mol. The number of aliphatic carboxylic acids is 1. The van der Waals surface area contributed by atoms with E-state index in [2.05, 4.69) is 9.97 Å². The van der Waals surface area contributed by atoms with Crippen LogP contribution in [0, 0.1) is 26.7 Å². The Balaban J connectivity index is 2.96. The van der Waals surface area contributed by atoms with Gasteiger partial charge in [-0.2, -0.15) is 0 Å². The first-order valence-corrected chi connectivity index (χ1v) is 5.58. The zero-order chi connectivity index (χ0) is 13.2. The van der Waals surface area contributed by atoms with Gasteiger partial charge in [-0.05, 0) is 20.8 Å². The minimum absolute atomic E-state index is 0.421. The lowest BCUT2D eigenvalue weighted by Gasteiger charge is -2.23. The van der Waals surface area contributed by atoms with Gasteiger partial charge in [-0.25, -0.2) is 9.97 Å². The van der Waals surface area contributed by atoms with Gasteiger partial charge in [-0.1, -0.05) is 6.92 Å². The fraction of sp³-hybridized carbons (Fsp3) is 0.583. The number of hydrogen-bond donors (Lipinski definition) is 1. The van der Waals surface area contributed by atoms with Crippen LogP contribution in [-0.2, 0) is 4.79 Å². The summed E-state index contributed by atoms with van der Waals surface area (Å²) < 4.78 is 0. The SMILES string of the molecule is Cc1nc(C)c(C)c(N(C)CC(C)C(=O)O)n1. The summed E-state index contributed by atoms with van der Waals surface area (Å²) in [5.41, 5.74) is 1.93. The number of anilines is 1. The lowest BCUT2D eigenvalue weighted by Crippen LogP contribution is -2.30. The van der Waals surface area contributed by atoms with Crippen LogP contribution in [0.4, 0.5) is 5.82 Å². The van der Waals surface area contributed by atoms with E-state index in [0.717, 1.165) is 17.1 Å². The smallest absolute Gasteiger partial charge is 0.308 e. The summed E-state index contributed by atoms with van der Waals surface area (Å²) >= 11 is 0. The average molecular weight is 237 g/mol. The Hall–Kier alpha value is -1.65. The van der Waals surface area contributed by atoms with Gasteiger partial charge >= 0.3 is 5.97 Å². The summed E-state index contributed by atoms with van der Waals surface area (Å²) in [5, 5.41) is 8.90. The number of aromatic nitrogens is 2. The van der Waals surface area contributed by atoms with Crippen molar-refractivity contribution < 1.29 is 9.90 Å². The highest BCUT2D eigenvalue weighted by molar-refractivity contribution is 5.70. The normalized spacial score (nSPS) is 12.3. The second-order valence-electron chi connectivity index (χ2n) is 4.42. The predicted molar refractivity (Wildman–Crippen MR) is 66.3 cm³/mol. The van der Waals surface area contributed by atoms with Crippen LogP contribution in [0.3, 0.4) is 0 Å². The lowest BCUT2D eigenvalue weighted by atomic mass is 10.1. The number of hydrogen-bond acceptors (Lipinski definition) is 4. The van der Waals surface area contributed by atoms with Gasteiger partial charge in [0.05, 0.1) is 5.92 Å². The molecule has 1 N–H and O–H groups in total. The zero-order valence-electron chi connectivity index (χ0n) is 11.0. The Morgan fingerprint density at radius 1 is 1.35 bits per heavy atom. The maximum Gasteiger partial charge on any atom is 0.308 e. The van der Waals surface area contributed by atoms with Crippen LogP contribution < -0.4 is 4.90 Å². The van der Waals surface area contributed by atoms with Crippen molar-refractivity contribution in [2.75, 3.05) is 18.5 Å². The Morgan fingerprint density at radius 3 is 2.47 bits per heavy atom. The molecule has 1 atom stereocenters. The van der Waals surface area contributed by atoms with Gasteiger partial charge < -0.3 is 10.0 Å². The van der Waals surface area contributed by atoms with Crippen LogP contribution in [0.5, 0.6) is 0 Å². The first-order chi connectivity index (χ1) is 7.82. The second-order valence-corrected chi connectivity index (χ2v) is 4.42. The highest BCUT2D eigenvalue weighted by atomic mass is 16.4. The van der Waals surface area contributed by atoms with Crippen molar-refractivity contribution in [1.82, 2.24) is 9.97 Å². The van der Waals surface area contributed by atoms with E-state index >= 15 is 0 Å². The molecule has 17 heavy (non-hydrogen) atoms. The standard InChI is InChI=1S/C12H19N3O2/c1-7(12(16)17)6-15(5)11-8(2)9(3)13-10(4)14-11/h7H,6H2,1-5H3,(H,16,17). The van der Waals surface area contributed by atoms with Crippen LogP contribution in [0.15, 0.2) is 0 Å². The minimum atomic E-state index is -0.794. The molecule has 5 nitrogen and oxygen atoms in total. The Morgan fingerprint density at radius 2 is 1.94 bits per heavy atom. The van der Waals surface area contributed by atoms with Crippen molar-refractivity contribution in [3.63, 3.8) is 0 Å². The summed E-state index contributed by atoms with van der Waals surface area (Å²) in [7, 11) is 1.85. The molecule has 0 aliphatic rings. The molecule has 0 amide bonds. The molecule has 0 radical (unpaired) electrons. The molecule has 0 saturated heterocycles.